The number of benzene rings is 1. The Morgan fingerprint density at radius 2 is 2.16 bits per heavy atom. The topological polar surface area (TPSA) is 50.8 Å². The molecule has 1 heterocycles. The first kappa shape index (κ1) is 13.7. The SMILES string of the molecule is COc1ccc(CN2CCNC(=O)[C@H]2C)c(OC)c1. The van der Waals surface area contributed by atoms with Gasteiger partial charge in [-0.1, -0.05) is 6.07 Å². The molecule has 5 nitrogen and oxygen atoms in total. The molecule has 2 rings (SSSR count). The smallest absolute Gasteiger partial charge is 0.237 e. The molecule has 19 heavy (non-hydrogen) atoms. The molecule has 1 atom stereocenters. The van der Waals surface area contributed by atoms with Crippen molar-refractivity contribution >= 4 is 5.91 Å². The van der Waals surface area contributed by atoms with Gasteiger partial charge in [0.25, 0.3) is 0 Å². The van der Waals surface area contributed by atoms with E-state index in [1.165, 1.54) is 0 Å². The number of carbonyl (C=O) groups is 1. The van der Waals surface area contributed by atoms with E-state index in [-0.39, 0.29) is 11.9 Å². The number of rotatable bonds is 4. The molecular weight excluding hydrogens is 244 g/mol. The maximum atomic E-state index is 11.6. The van der Waals surface area contributed by atoms with E-state index in [0.29, 0.717) is 13.1 Å². The molecule has 1 N–H and O–H groups in total. The molecule has 0 aromatic heterocycles. The molecule has 0 aliphatic carbocycles. The van der Waals surface area contributed by atoms with Crippen LogP contribution in [0.4, 0.5) is 0 Å². The third-order valence-corrected chi connectivity index (χ3v) is 3.49. The molecule has 1 aliphatic heterocycles. The molecule has 0 spiro atoms. The molecule has 0 saturated carbocycles. The van der Waals surface area contributed by atoms with Crippen LogP contribution >= 0.6 is 0 Å². The van der Waals surface area contributed by atoms with Gasteiger partial charge < -0.3 is 14.8 Å². The summed E-state index contributed by atoms with van der Waals surface area (Å²) in [7, 11) is 3.27. The van der Waals surface area contributed by atoms with Crippen molar-refractivity contribution in [2.24, 2.45) is 0 Å². The number of carbonyl (C=O) groups excluding carboxylic acids is 1. The highest BCUT2D eigenvalue weighted by Crippen LogP contribution is 2.26. The van der Waals surface area contributed by atoms with Gasteiger partial charge in [0, 0.05) is 31.3 Å². The van der Waals surface area contributed by atoms with Crippen LogP contribution in [0.3, 0.4) is 0 Å². The number of amides is 1. The predicted molar refractivity (Wildman–Crippen MR) is 72.4 cm³/mol. The van der Waals surface area contributed by atoms with Gasteiger partial charge in [-0.3, -0.25) is 9.69 Å². The van der Waals surface area contributed by atoms with Crippen LogP contribution in [-0.4, -0.2) is 44.2 Å². The maximum absolute atomic E-state index is 11.6. The minimum Gasteiger partial charge on any atom is -0.497 e. The highest BCUT2D eigenvalue weighted by atomic mass is 16.5. The fourth-order valence-electron chi connectivity index (χ4n) is 2.25. The third kappa shape index (κ3) is 2.98. The Morgan fingerprint density at radius 1 is 1.37 bits per heavy atom. The zero-order valence-electron chi connectivity index (χ0n) is 11.6. The molecule has 104 valence electrons. The van der Waals surface area contributed by atoms with Crippen molar-refractivity contribution in [2.45, 2.75) is 19.5 Å². The summed E-state index contributed by atoms with van der Waals surface area (Å²) in [5.74, 6) is 1.64. The largest absolute Gasteiger partial charge is 0.497 e. The molecule has 1 saturated heterocycles. The molecular formula is C14H20N2O3. The summed E-state index contributed by atoms with van der Waals surface area (Å²) in [4.78, 5) is 13.8. The third-order valence-electron chi connectivity index (χ3n) is 3.49. The highest BCUT2D eigenvalue weighted by Gasteiger charge is 2.25. The second kappa shape index (κ2) is 5.93. The molecule has 0 bridgehead atoms. The normalized spacial score (nSPS) is 19.9. The number of nitrogens with zero attached hydrogens (tertiary/aromatic N) is 1. The zero-order valence-corrected chi connectivity index (χ0v) is 11.6. The molecule has 0 radical (unpaired) electrons. The van der Waals surface area contributed by atoms with E-state index in [0.717, 1.165) is 23.6 Å². The lowest BCUT2D eigenvalue weighted by atomic mass is 10.1. The summed E-state index contributed by atoms with van der Waals surface area (Å²) < 4.78 is 10.6. The highest BCUT2D eigenvalue weighted by molar-refractivity contribution is 5.82. The number of ether oxygens (including phenoxy) is 2. The minimum absolute atomic E-state index is 0.0822. The summed E-state index contributed by atoms with van der Waals surface area (Å²) in [6.07, 6.45) is 0. The fraction of sp³-hybridized carbons (Fsp3) is 0.500. The van der Waals surface area contributed by atoms with Gasteiger partial charge in [0.2, 0.25) is 5.91 Å². The molecule has 5 heteroatoms. The van der Waals surface area contributed by atoms with Gasteiger partial charge in [0.15, 0.2) is 0 Å². The van der Waals surface area contributed by atoms with Crippen molar-refractivity contribution < 1.29 is 14.3 Å². The minimum atomic E-state index is -0.111. The van der Waals surface area contributed by atoms with Crippen LogP contribution in [-0.2, 0) is 11.3 Å². The van der Waals surface area contributed by atoms with E-state index < -0.39 is 0 Å². The fourth-order valence-corrected chi connectivity index (χ4v) is 2.25. The number of methoxy groups -OCH3 is 2. The van der Waals surface area contributed by atoms with Crippen molar-refractivity contribution in [3.63, 3.8) is 0 Å². The van der Waals surface area contributed by atoms with E-state index in [4.69, 9.17) is 9.47 Å². The molecule has 1 aliphatic rings. The summed E-state index contributed by atoms with van der Waals surface area (Å²) >= 11 is 0. The number of nitrogens with one attached hydrogen (secondary N) is 1. The molecule has 1 aromatic rings. The summed E-state index contributed by atoms with van der Waals surface area (Å²) in [5.41, 5.74) is 1.06. The monoisotopic (exact) mass is 264 g/mol. The van der Waals surface area contributed by atoms with Crippen molar-refractivity contribution in [3.05, 3.63) is 23.8 Å². The van der Waals surface area contributed by atoms with Gasteiger partial charge in [-0.15, -0.1) is 0 Å². The van der Waals surface area contributed by atoms with Crippen LogP contribution in [0.25, 0.3) is 0 Å². The van der Waals surface area contributed by atoms with Crippen molar-refractivity contribution in [1.29, 1.82) is 0 Å². The van der Waals surface area contributed by atoms with Crippen LogP contribution in [0.2, 0.25) is 0 Å². The average molecular weight is 264 g/mol. The van der Waals surface area contributed by atoms with E-state index in [1.54, 1.807) is 14.2 Å². The second-order valence-corrected chi connectivity index (χ2v) is 4.62. The van der Waals surface area contributed by atoms with Crippen molar-refractivity contribution in [1.82, 2.24) is 10.2 Å². The number of piperazine rings is 1. The first-order chi connectivity index (χ1) is 9.15. The number of hydrogen-bond donors (Lipinski definition) is 1. The van der Waals surface area contributed by atoms with Crippen molar-refractivity contribution in [2.75, 3.05) is 27.3 Å². The maximum Gasteiger partial charge on any atom is 0.237 e. The first-order valence-electron chi connectivity index (χ1n) is 6.38. The zero-order chi connectivity index (χ0) is 13.8. The van der Waals surface area contributed by atoms with Gasteiger partial charge in [-0.25, -0.2) is 0 Å². The van der Waals surface area contributed by atoms with Gasteiger partial charge in [0.1, 0.15) is 11.5 Å². The lowest BCUT2D eigenvalue weighted by Crippen LogP contribution is -2.53. The summed E-state index contributed by atoms with van der Waals surface area (Å²) in [6.45, 7) is 4.16. The Hall–Kier alpha value is -1.75. The van der Waals surface area contributed by atoms with Gasteiger partial charge in [-0.05, 0) is 13.0 Å². The summed E-state index contributed by atoms with van der Waals surface area (Å²) in [6, 6.07) is 5.65. The van der Waals surface area contributed by atoms with Crippen LogP contribution < -0.4 is 14.8 Å². The molecule has 1 amide bonds. The van der Waals surface area contributed by atoms with E-state index in [1.807, 2.05) is 25.1 Å². The lowest BCUT2D eigenvalue weighted by molar-refractivity contribution is -0.128. The van der Waals surface area contributed by atoms with E-state index in [9.17, 15) is 4.79 Å². The van der Waals surface area contributed by atoms with Gasteiger partial charge in [0.05, 0.1) is 20.3 Å². The second-order valence-electron chi connectivity index (χ2n) is 4.62. The molecule has 1 aromatic carbocycles. The number of hydrogen-bond acceptors (Lipinski definition) is 4. The van der Waals surface area contributed by atoms with E-state index >= 15 is 0 Å². The van der Waals surface area contributed by atoms with Crippen molar-refractivity contribution in [3.8, 4) is 11.5 Å². The van der Waals surface area contributed by atoms with Crippen LogP contribution in [0.5, 0.6) is 11.5 Å². The predicted octanol–water partition coefficient (Wildman–Crippen LogP) is 1.02. The summed E-state index contributed by atoms with van der Waals surface area (Å²) in [5, 5.41) is 2.86. The molecule has 1 fully saturated rings. The lowest BCUT2D eigenvalue weighted by Gasteiger charge is -2.33. The van der Waals surface area contributed by atoms with Crippen LogP contribution in [0.15, 0.2) is 18.2 Å². The average Bonchev–Trinajstić information content (AvgIpc) is 2.44. The first-order valence-corrected chi connectivity index (χ1v) is 6.38. The Bertz CT molecular complexity index is 462. The van der Waals surface area contributed by atoms with Gasteiger partial charge >= 0.3 is 0 Å². The van der Waals surface area contributed by atoms with Crippen LogP contribution in [0.1, 0.15) is 12.5 Å². The standard InChI is InChI=1S/C14H20N2O3/c1-10-14(17)15-6-7-16(10)9-11-4-5-12(18-2)8-13(11)19-3/h4-5,8,10H,6-7,9H2,1-3H3,(H,15,17)/t10-/m1/s1. The Labute approximate surface area is 113 Å². The molecule has 0 unspecified atom stereocenters. The van der Waals surface area contributed by atoms with Gasteiger partial charge in [-0.2, -0.15) is 0 Å². The Morgan fingerprint density at radius 3 is 2.84 bits per heavy atom. The van der Waals surface area contributed by atoms with Crippen LogP contribution in [0, 0.1) is 0 Å². The Balaban J connectivity index is 2.16. The quantitative estimate of drug-likeness (QED) is 0.882. The van der Waals surface area contributed by atoms with E-state index in [2.05, 4.69) is 10.2 Å². The Kier molecular flexibility index (Phi) is 4.27.